The molecule has 0 spiro atoms. The van der Waals surface area contributed by atoms with E-state index >= 15 is 0 Å². The molecule has 0 aliphatic rings. The first-order valence-electron chi connectivity index (χ1n) is 6.92. The summed E-state index contributed by atoms with van der Waals surface area (Å²) in [5.74, 6) is 1.90. The number of ether oxygens (including phenoxy) is 3. The smallest absolute Gasteiger partial charge is 0.234 e. The minimum atomic E-state index is -0.143. The lowest BCUT2D eigenvalue weighted by atomic mass is 10.1. The van der Waals surface area contributed by atoms with E-state index in [1.165, 1.54) is 24.4 Å². The van der Waals surface area contributed by atoms with E-state index in [-0.39, 0.29) is 12.3 Å². The average molecular weight is 317 g/mol. The van der Waals surface area contributed by atoms with Gasteiger partial charge in [0.15, 0.2) is 5.82 Å². The van der Waals surface area contributed by atoms with Crippen LogP contribution in [-0.4, -0.2) is 44.3 Å². The molecule has 0 saturated heterocycles. The molecule has 0 fully saturated rings. The van der Waals surface area contributed by atoms with Gasteiger partial charge >= 0.3 is 0 Å². The van der Waals surface area contributed by atoms with Crippen molar-refractivity contribution in [3.05, 3.63) is 36.2 Å². The second kappa shape index (κ2) is 7.44. The Morgan fingerprint density at radius 1 is 1.13 bits per heavy atom. The number of anilines is 1. The third-order valence-electron chi connectivity index (χ3n) is 3.36. The van der Waals surface area contributed by atoms with Crippen molar-refractivity contribution in [3.8, 4) is 17.4 Å². The number of hydrogen-bond acceptors (Lipinski definition) is 6. The maximum Gasteiger partial charge on any atom is 0.234 e. The van der Waals surface area contributed by atoms with E-state index < -0.39 is 0 Å². The number of likely N-dealkylation sites (N-methyl/N-ethyl adjacent to an activating group) is 1. The van der Waals surface area contributed by atoms with Gasteiger partial charge in [0.1, 0.15) is 11.5 Å². The van der Waals surface area contributed by atoms with Crippen molar-refractivity contribution in [1.82, 2.24) is 9.97 Å². The second-order valence-electron chi connectivity index (χ2n) is 4.73. The second-order valence-corrected chi connectivity index (χ2v) is 4.73. The third kappa shape index (κ3) is 3.88. The van der Waals surface area contributed by atoms with E-state index in [0.717, 1.165) is 5.56 Å². The Kier molecular flexibility index (Phi) is 5.35. The van der Waals surface area contributed by atoms with Crippen molar-refractivity contribution in [2.75, 3.05) is 33.3 Å². The lowest BCUT2D eigenvalue weighted by Gasteiger charge is -2.17. The Morgan fingerprint density at radius 3 is 2.57 bits per heavy atom. The summed E-state index contributed by atoms with van der Waals surface area (Å²) in [7, 11) is 6.27. The summed E-state index contributed by atoms with van der Waals surface area (Å²) in [6.07, 6.45) is 3.16. The van der Waals surface area contributed by atoms with Gasteiger partial charge in [-0.05, 0) is 6.07 Å². The molecule has 0 saturated carbocycles. The summed E-state index contributed by atoms with van der Waals surface area (Å²) < 4.78 is 15.5. The van der Waals surface area contributed by atoms with Gasteiger partial charge in [-0.1, -0.05) is 6.07 Å². The van der Waals surface area contributed by atoms with E-state index in [1.54, 1.807) is 39.5 Å². The summed E-state index contributed by atoms with van der Waals surface area (Å²) in [5.41, 5.74) is 0.765. The van der Waals surface area contributed by atoms with Gasteiger partial charge in [0.25, 0.3) is 0 Å². The van der Waals surface area contributed by atoms with Crippen molar-refractivity contribution in [2.45, 2.75) is 6.42 Å². The summed E-state index contributed by atoms with van der Waals surface area (Å²) >= 11 is 0. The van der Waals surface area contributed by atoms with Gasteiger partial charge in [0.05, 0.1) is 40.1 Å². The van der Waals surface area contributed by atoms with Gasteiger partial charge < -0.3 is 14.2 Å². The number of nitrogens with zero attached hydrogens (tertiary/aromatic N) is 3. The van der Waals surface area contributed by atoms with Crippen LogP contribution in [0.25, 0.3) is 0 Å². The van der Waals surface area contributed by atoms with Crippen LogP contribution in [-0.2, 0) is 11.2 Å². The molecule has 1 amide bonds. The third-order valence-corrected chi connectivity index (χ3v) is 3.36. The van der Waals surface area contributed by atoms with E-state index in [1.807, 2.05) is 0 Å². The lowest BCUT2D eigenvalue weighted by Crippen LogP contribution is -2.29. The molecule has 7 nitrogen and oxygen atoms in total. The zero-order chi connectivity index (χ0) is 16.8. The van der Waals surface area contributed by atoms with Crippen molar-refractivity contribution < 1.29 is 19.0 Å². The molecular weight excluding hydrogens is 298 g/mol. The van der Waals surface area contributed by atoms with Crippen LogP contribution >= 0.6 is 0 Å². The van der Waals surface area contributed by atoms with E-state index in [4.69, 9.17) is 14.2 Å². The fourth-order valence-electron chi connectivity index (χ4n) is 2.01. The van der Waals surface area contributed by atoms with Crippen molar-refractivity contribution >= 4 is 11.7 Å². The van der Waals surface area contributed by atoms with Gasteiger partial charge in [0, 0.05) is 18.7 Å². The van der Waals surface area contributed by atoms with Crippen molar-refractivity contribution in [1.29, 1.82) is 0 Å². The minimum absolute atomic E-state index is 0.143. The molecule has 1 aromatic carbocycles. The van der Waals surface area contributed by atoms with Gasteiger partial charge in [-0.2, -0.15) is 4.98 Å². The molecule has 1 aromatic heterocycles. The summed E-state index contributed by atoms with van der Waals surface area (Å²) in [5, 5.41) is 0. The highest BCUT2D eigenvalue weighted by Crippen LogP contribution is 2.25. The fourth-order valence-corrected chi connectivity index (χ4v) is 2.01. The highest BCUT2D eigenvalue weighted by molar-refractivity contribution is 5.93. The number of hydrogen-bond donors (Lipinski definition) is 0. The first-order chi connectivity index (χ1) is 11.1. The maximum atomic E-state index is 12.5. The highest BCUT2D eigenvalue weighted by atomic mass is 16.5. The molecule has 0 aliphatic heterocycles. The highest BCUT2D eigenvalue weighted by Gasteiger charge is 2.16. The standard InChI is InChI=1S/C16H19N3O4/c1-19(14-9-17-10-15(18-14)23-4)16(20)7-11-5-6-12(21-2)8-13(11)22-3/h5-6,8-10H,7H2,1-4H3. The molecule has 122 valence electrons. The van der Waals surface area contributed by atoms with Crippen LogP contribution in [0.5, 0.6) is 17.4 Å². The molecule has 0 radical (unpaired) electrons. The first-order valence-corrected chi connectivity index (χ1v) is 6.92. The Labute approximate surface area is 134 Å². The van der Waals surface area contributed by atoms with Crippen molar-refractivity contribution in [2.24, 2.45) is 0 Å². The maximum absolute atomic E-state index is 12.5. The van der Waals surface area contributed by atoms with Crippen LogP contribution in [0.2, 0.25) is 0 Å². The SMILES string of the molecule is COc1ccc(CC(=O)N(C)c2cncc(OC)n2)c(OC)c1. The topological polar surface area (TPSA) is 73.8 Å². The van der Waals surface area contributed by atoms with Gasteiger partial charge in [-0.25, -0.2) is 0 Å². The van der Waals surface area contributed by atoms with Gasteiger partial charge in [0.2, 0.25) is 11.8 Å². The largest absolute Gasteiger partial charge is 0.497 e. The Morgan fingerprint density at radius 2 is 1.91 bits per heavy atom. The molecule has 2 aromatic rings. The predicted octanol–water partition coefficient (Wildman–Crippen LogP) is 1.71. The fraction of sp³-hybridized carbons (Fsp3) is 0.312. The van der Waals surface area contributed by atoms with Gasteiger partial charge in [-0.15, -0.1) is 0 Å². The first kappa shape index (κ1) is 16.5. The summed E-state index contributed by atoms with van der Waals surface area (Å²) in [6, 6.07) is 5.34. The molecule has 0 atom stereocenters. The molecule has 7 heteroatoms. The Hall–Kier alpha value is -2.83. The monoisotopic (exact) mass is 317 g/mol. The van der Waals surface area contributed by atoms with E-state index in [9.17, 15) is 4.79 Å². The number of carbonyl (C=O) groups excluding carboxylic acids is 1. The van der Waals surface area contributed by atoms with Gasteiger partial charge in [-0.3, -0.25) is 14.7 Å². The molecule has 0 bridgehead atoms. The molecule has 0 N–H and O–H groups in total. The minimum Gasteiger partial charge on any atom is -0.497 e. The van der Waals surface area contributed by atoms with Crippen LogP contribution in [0, 0.1) is 0 Å². The quantitative estimate of drug-likeness (QED) is 0.807. The van der Waals surface area contributed by atoms with Crippen LogP contribution in [0.15, 0.2) is 30.6 Å². The Balaban J connectivity index is 2.17. The summed E-state index contributed by atoms with van der Waals surface area (Å²) in [4.78, 5) is 22.1. The molecular formula is C16H19N3O4. The average Bonchev–Trinajstić information content (AvgIpc) is 2.61. The molecule has 0 aliphatic carbocycles. The van der Waals surface area contributed by atoms with Crippen LogP contribution < -0.4 is 19.1 Å². The normalized spacial score (nSPS) is 10.1. The van der Waals surface area contributed by atoms with Crippen LogP contribution in [0.3, 0.4) is 0 Å². The zero-order valence-electron chi connectivity index (χ0n) is 13.6. The number of carbonyl (C=O) groups is 1. The molecule has 0 unspecified atom stereocenters. The summed E-state index contributed by atoms with van der Waals surface area (Å²) in [6.45, 7) is 0. The molecule has 1 heterocycles. The number of methoxy groups -OCH3 is 3. The number of benzene rings is 1. The molecule has 23 heavy (non-hydrogen) atoms. The van der Waals surface area contributed by atoms with Crippen molar-refractivity contribution in [3.63, 3.8) is 0 Å². The van der Waals surface area contributed by atoms with Crippen LogP contribution in [0.4, 0.5) is 5.82 Å². The van der Waals surface area contributed by atoms with Crippen LogP contribution in [0.1, 0.15) is 5.56 Å². The number of rotatable bonds is 6. The predicted molar refractivity (Wildman–Crippen MR) is 85.2 cm³/mol. The van der Waals surface area contributed by atoms with E-state index in [2.05, 4.69) is 9.97 Å². The number of aromatic nitrogens is 2. The van der Waals surface area contributed by atoms with E-state index in [0.29, 0.717) is 23.2 Å². The Bertz CT molecular complexity index is 691. The molecule has 2 rings (SSSR count). The number of amides is 1. The lowest BCUT2D eigenvalue weighted by molar-refractivity contribution is -0.117. The zero-order valence-corrected chi connectivity index (χ0v) is 13.6.